The molecule has 156 valence electrons. The van der Waals surface area contributed by atoms with Gasteiger partial charge in [-0.25, -0.2) is 0 Å². The molecule has 0 atom stereocenters. The van der Waals surface area contributed by atoms with E-state index in [2.05, 4.69) is 28.8 Å². The third kappa shape index (κ3) is 5.01. The van der Waals surface area contributed by atoms with E-state index in [9.17, 15) is 9.59 Å². The molecule has 2 N–H and O–H groups in total. The molecule has 0 aliphatic heterocycles. The fourth-order valence-corrected chi connectivity index (χ4v) is 3.67. The Labute approximate surface area is 181 Å². The molecule has 3 aromatic carbocycles. The number of anilines is 1. The summed E-state index contributed by atoms with van der Waals surface area (Å²) in [6, 6.07) is 21.7. The highest BCUT2D eigenvalue weighted by Crippen LogP contribution is 2.37. The molecule has 0 aromatic heterocycles. The quantitative estimate of drug-likeness (QED) is 0.442. The molecule has 0 unspecified atom stereocenters. The highest BCUT2D eigenvalue weighted by atomic mass is 16.5. The van der Waals surface area contributed by atoms with Gasteiger partial charge in [0.1, 0.15) is 5.75 Å². The van der Waals surface area contributed by atoms with Crippen LogP contribution in [0.15, 0.2) is 72.8 Å². The van der Waals surface area contributed by atoms with Crippen LogP contribution in [-0.4, -0.2) is 25.5 Å². The summed E-state index contributed by atoms with van der Waals surface area (Å²) in [5.41, 5.74) is 6.65. The molecule has 5 heteroatoms. The van der Waals surface area contributed by atoms with Gasteiger partial charge in [-0.3, -0.25) is 9.59 Å². The lowest BCUT2D eigenvalue weighted by molar-refractivity contribution is -0.117. The first-order chi connectivity index (χ1) is 15.1. The number of amides is 2. The number of rotatable bonds is 7. The van der Waals surface area contributed by atoms with Crippen molar-refractivity contribution in [1.82, 2.24) is 5.32 Å². The maximum atomic E-state index is 12.3. The molecule has 31 heavy (non-hydrogen) atoms. The first kappa shape index (κ1) is 20.4. The maximum Gasteiger partial charge on any atom is 0.244 e. The Hall–Kier alpha value is -3.86. The standard InChI is InChI=1S/C26H24N2O3/c1-31-22-11-6-18(7-12-22)8-13-25(29)27-15-14-26(30)28-21-10-9-20-16-19-4-2-3-5-23(19)24(20)17-21/h2-13,17H,14-16H2,1H3,(H,27,29)(H,28,30)/b13-8+. The minimum Gasteiger partial charge on any atom is -0.497 e. The van der Waals surface area contributed by atoms with E-state index in [-0.39, 0.29) is 24.8 Å². The Morgan fingerprint density at radius 3 is 2.55 bits per heavy atom. The van der Waals surface area contributed by atoms with E-state index in [1.54, 1.807) is 13.2 Å². The fraction of sp³-hybridized carbons (Fsp3) is 0.154. The highest BCUT2D eigenvalue weighted by Gasteiger charge is 2.18. The van der Waals surface area contributed by atoms with Crippen molar-refractivity contribution < 1.29 is 14.3 Å². The van der Waals surface area contributed by atoms with Gasteiger partial charge in [0.15, 0.2) is 0 Å². The topological polar surface area (TPSA) is 67.4 Å². The van der Waals surface area contributed by atoms with E-state index >= 15 is 0 Å². The number of ether oxygens (including phenoxy) is 1. The van der Waals surface area contributed by atoms with Crippen LogP contribution in [0.4, 0.5) is 5.69 Å². The summed E-state index contributed by atoms with van der Waals surface area (Å²) >= 11 is 0. The van der Waals surface area contributed by atoms with Crippen LogP contribution < -0.4 is 15.4 Å². The summed E-state index contributed by atoms with van der Waals surface area (Å²) in [5.74, 6) is 0.392. The third-order valence-corrected chi connectivity index (χ3v) is 5.28. The number of nitrogens with one attached hydrogen (secondary N) is 2. The molecule has 0 radical (unpaired) electrons. The fourth-order valence-electron chi connectivity index (χ4n) is 3.67. The Kier molecular flexibility index (Phi) is 6.13. The van der Waals surface area contributed by atoms with E-state index in [1.807, 2.05) is 48.5 Å². The molecule has 0 saturated carbocycles. The van der Waals surface area contributed by atoms with Gasteiger partial charge in [-0.15, -0.1) is 0 Å². The number of carbonyl (C=O) groups excluding carboxylic acids is 2. The van der Waals surface area contributed by atoms with Gasteiger partial charge in [-0.1, -0.05) is 42.5 Å². The lowest BCUT2D eigenvalue weighted by atomic mass is 10.1. The van der Waals surface area contributed by atoms with E-state index in [0.717, 1.165) is 23.4 Å². The average molecular weight is 412 g/mol. The van der Waals surface area contributed by atoms with Crippen molar-refractivity contribution >= 4 is 23.6 Å². The molecule has 1 aliphatic carbocycles. The van der Waals surface area contributed by atoms with Gasteiger partial charge in [-0.05, 0) is 64.6 Å². The molecule has 0 saturated heterocycles. The second kappa shape index (κ2) is 9.30. The van der Waals surface area contributed by atoms with Crippen LogP contribution in [0.2, 0.25) is 0 Å². The zero-order valence-electron chi connectivity index (χ0n) is 17.4. The van der Waals surface area contributed by atoms with Crippen LogP contribution in [0.5, 0.6) is 5.75 Å². The van der Waals surface area contributed by atoms with Crippen molar-refractivity contribution in [2.75, 3.05) is 19.0 Å². The number of hydrogen-bond donors (Lipinski definition) is 2. The molecule has 0 heterocycles. The van der Waals surface area contributed by atoms with Crippen molar-refractivity contribution in [2.45, 2.75) is 12.8 Å². The Morgan fingerprint density at radius 1 is 0.968 bits per heavy atom. The molecular weight excluding hydrogens is 388 g/mol. The SMILES string of the molecule is COc1ccc(/C=C/C(=O)NCCC(=O)Nc2ccc3c(c2)-c2ccccc2C3)cc1. The van der Waals surface area contributed by atoms with Crippen LogP contribution in [0.25, 0.3) is 17.2 Å². The Morgan fingerprint density at radius 2 is 1.74 bits per heavy atom. The molecule has 0 fully saturated rings. The first-order valence-corrected chi connectivity index (χ1v) is 10.2. The Bertz CT molecular complexity index is 1130. The van der Waals surface area contributed by atoms with Gasteiger partial charge in [0.05, 0.1) is 7.11 Å². The second-order valence-corrected chi connectivity index (χ2v) is 7.40. The summed E-state index contributed by atoms with van der Waals surface area (Å²) in [5, 5.41) is 5.66. The minimum absolute atomic E-state index is 0.134. The number of fused-ring (bicyclic) bond motifs is 3. The van der Waals surface area contributed by atoms with E-state index in [0.29, 0.717) is 0 Å². The van der Waals surface area contributed by atoms with Crippen molar-refractivity contribution in [3.05, 3.63) is 89.5 Å². The lowest BCUT2D eigenvalue weighted by Gasteiger charge is -2.08. The molecule has 5 nitrogen and oxygen atoms in total. The molecule has 0 spiro atoms. The Balaban J connectivity index is 1.25. The molecule has 1 aliphatic rings. The van der Waals surface area contributed by atoms with Crippen LogP contribution in [-0.2, 0) is 16.0 Å². The minimum atomic E-state index is -0.238. The monoisotopic (exact) mass is 412 g/mol. The van der Waals surface area contributed by atoms with Crippen LogP contribution >= 0.6 is 0 Å². The van der Waals surface area contributed by atoms with E-state index in [4.69, 9.17) is 4.74 Å². The van der Waals surface area contributed by atoms with Gasteiger partial charge in [0.25, 0.3) is 0 Å². The van der Waals surface area contributed by atoms with Crippen LogP contribution in [0.1, 0.15) is 23.1 Å². The van der Waals surface area contributed by atoms with Crippen molar-refractivity contribution in [3.63, 3.8) is 0 Å². The molecule has 2 amide bonds. The van der Waals surface area contributed by atoms with Gasteiger partial charge in [0.2, 0.25) is 11.8 Å². The van der Waals surface area contributed by atoms with E-state index < -0.39 is 0 Å². The molecule has 0 bridgehead atoms. The molecular formula is C26H24N2O3. The summed E-state index contributed by atoms with van der Waals surface area (Å²) < 4.78 is 5.11. The number of carbonyl (C=O) groups is 2. The highest BCUT2D eigenvalue weighted by molar-refractivity contribution is 5.94. The van der Waals surface area contributed by atoms with Crippen LogP contribution in [0.3, 0.4) is 0 Å². The average Bonchev–Trinajstić information content (AvgIpc) is 3.16. The van der Waals surface area contributed by atoms with Crippen molar-refractivity contribution in [2.24, 2.45) is 0 Å². The van der Waals surface area contributed by atoms with Crippen LogP contribution in [0, 0.1) is 0 Å². The zero-order valence-corrected chi connectivity index (χ0v) is 17.4. The van der Waals surface area contributed by atoms with Crippen molar-refractivity contribution in [1.29, 1.82) is 0 Å². The third-order valence-electron chi connectivity index (χ3n) is 5.28. The predicted octanol–water partition coefficient (Wildman–Crippen LogP) is 4.42. The summed E-state index contributed by atoms with van der Waals surface area (Å²) in [6.07, 6.45) is 4.31. The lowest BCUT2D eigenvalue weighted by Crippen LogP contribution is -2.26. The van der Waals surface area contributed by atoms with Gasteiger partial charge >= 0.3 is 0 Å². The zero-order chi connectivity index (χ0) is 21.6. The van der Waals surface area contributed by atoms with Crippen molar-refractivity contribution in [3.8, 4) is 16.9 Å². The van der Waals surface area contributed by atoms with Gasteiger partial charge in [0, 0.05) is 24.7 Å². The smallest absolute Gasteiger partial charge is 0.244 e. The second-order valence-electron chi connectivity index (χ2n) is 7.40. The largest absolute Gasteiger partial charge is 0.497 e. The molecule has 4 rings (SSSR count). The van der Waals surface area contributed by atoms with Gasteiger partial charge in [-0.2, -0.15) is 0 Å². The number of benzene rings is 3. The summed E-state index contributed by atoms with van der Waals surface area (Å²) in [4.78, 5) is 24.3. The predicted molar refractivity (Wildman–Crippen MR) is 123 cm³/mol. The normalized spacial score (nSPS) is 11.6. The number of methoxy groups -OCH3 is 1. The summed E-state index contributed by atoms with van der Waals surface area (Å²) in [6.45, 7) is 0.269. The maximum absolute atomic E-state index is 12.3. The molecule has 3 aromatic rings. The van der Waals surface area contributed by atoms with Gasteiger partial charge < -0.3 is 15.4 Å². The summed E-state index contributed by atoms with van der Waals surface area (Å²) in [7, 11) is 1.61. The van der Waals surface area contributed by atoms with E-state index in [1.165, 1.54) is 28.3 Å². The number of hydrogen-bond acceptors (Lipinski definition) is 3. The first-order valence-electron chi connectivity index (χ1n) is 10.2.